The summed E-state index contributed by atoms with van der Waals surface area (Å²) in [5, 5.41) is 11.2. The Morgan fingerprint density at radius 2 is 1.81 bits per heavy atom. The smallest absolute Gasteiger partial charge is 0.270 e. The van der Waals surface area contributed by atoms with Crippen molar-refractivity contribution in [2.24, 2.45) is 0 Å². The molecule has 1 aliphatic heterocycles. The number of aryl methyl sites for hydroxylation is 2. The molecule has 1 amide bonds. The summed E-state index contributed by atoms with van der Waals surface area (Å²) in [5.74, 6) is 0.970. The molecule has 1 aliphatic rings. The van der Waals surface area contributed by atoms with Crippen molar-refractivity contribution in [1.82, 2.24) is 4.90 Å². The zero-order valence-electron chi connectivity index (χ0n) is 17.4. The summed E-state index contributed by atoms with van der Waals surface area (Å²) < 4.78 is 12.0. The van der Waals surface area contributed by atoms with Gasteiger partial charge in [-0.05, 0) is 56.2 Å². The lowest BCUT2D eigenvalue weighted by Gasteiger charge is -2.12. The molecule has 0 unspecified atom stereocenters. The first-order valence-corrected chi connectivity index (χ1v) is 10.9. The molecular formula is C22H22N2O5S2. The van der Waals surface area contributed by atoms with Gasteiger partial charge in [0.1, 0.15) is 29.0 Å². The van der Waals surface area contributed by atoms with E-state index in [9.17, 15) is 14.9 Å². The van der Waals surface area contributed by atoms with Crippen LogP contribution in [0.2, 0.25) is 0 Å². The number of thioether (sulfide) groups is 1. The van der Waals surface area contributed by atoms with Crippen molar-refractivity contribution in [3.8, 4) is 11.5 Å². The number of amides is 1. The van der Waals surface area contributed by atoms with Gasteiger partial charge in [0.05, 0.1) is 9.83 Å². The average molecular weight is 459 g/mol. The van der Waals surface area contributed by atoms with Gasteiger partial charge < -0.3 is 9.47 Å². The zero-order chi connectivity index (χ0) is 22.5. The Balaban J connectivity index is 1.75. The highest BCUT2D eigenvalue weighted by atomic mass is 32.2. The van der Waals surface area contributed by atoms with Crippen LogP contribution in [0.25, 0.3) is 6.08 Å². The number of likely N-dealkylation sites (N-methyl/N-ethyl adjacent to an activating group) is 1. The van der Waals surface area contributed by atoms with E-state index >= 15 is 0 Å². The number of carbonyl (C=O) groups is 1. The molecule has 162 valence electrons. The van der Waals surface area contributed by atoms with Crippen molar-refractivity contribution < 1.29 is 19.2 Å². The van der Waals surface area contributed by atoms with Gasteiger partial charge in [-0.2, -0.15) is 0 Å². The van der Waals surface area contributed by atoms with Crippen molar-refractivity contribution in [2.75, 3.05) is 19.8 Å². The number of rotatable bonds is 8. The predicted molar refractivity (Wildman–Crippen MR) is 126 cm³/mol. The lowest BCUT2D eigenvalue weighted by atomic mass is 10.1. The number of nitrogens with zero attached hydrogens (tertiary/aromatic N) is 2. The molecule has 2 aromatic carbocycles. The second kappa shape index (κ2) is 9.93. The van der Waals surface area contributed by atoms with Crippen LogP contribution in [0.1, 0.15) is 23.6 Å². The Morgan fingerprint density at radius 3 is 2.42 bits per heavy atom. The molecule has 0 bridgehead atoms. The highest BCUT2D eigenvalue weighted by Gasteiger charge is 2.31. The van der Waals surface area contributed by atoms with Crippen molar-refractivity contribution in [3.05, 3.63) is 68.1 Å². The molecule has 1 fully saturated rings. The Bertz CT molecular complexity index is 1050. The summed E-state index contributed by atoms with van der Waals surface area (Å²) in [6.07, 6.45) is 1.59. The second-order valence-corrected chi connectivity index (χ2v) is 8.60. The molecule has 31 heavy (non-hydrogen) atoms. The molecule has 1 heterocycles. The molecule has 9 heteroatoms. The fourth-order valence-electron chi connectivity index (χ4n) is 3.13. The van der Waals surface area contributed by atoms with E-state index < -0.39 is 4.92 Å². The summed E-state index contributed by atoms with van der Waals surface area (Å²) in [6, 6.07) is 10.2. The van der Waals surface area contributed by atoms with Gasteiger partial charge in [-0.1, -0.05) is 30.0 Å². The normalized spacial score (nSPS) is 14.9. The number of benzene rings is 2. The molecule has 0 saturated carbocycles. The summed E-state index contributed by atoms with van der Waals surface area (Å²) in [4.78, 5) is 25.1. The fourth-order valence-corrected chi connectivity index (χ4v) is 4.51. The van der Waals surface area contributed by atoms with Crippen LogP contribution in [0.5, 0.6) is 11.5 Å². The van der Waals surface area contributed by atoms with Gasteiger partial charge >= 0.3 is 0 Å². The molecule has 0 N–H and O–H groups in total. The number of nitro benzene ring substituents is 1. The second-order valence-electron chi connectivity index (χ2n) is 6.93. The lowest BCUT2D eigenvalue weighted by molar-refractivity contribution is -0.384. The zero-order valence-corrected chi connectivity index (χ0v) is 19.0. The maximum absolute atomic E-state index is 12.5. The SMILES string of the molecule is CCN1C(=O)/C(=C/c2cc([N+](=O)[O-])ccc2OCCOc2cc(C)cc(C)c2)SC1=S. The van der Waals surface area contributed by atoms with E-state index in [0.717, 1.165) is 16.9 Å². The minimum absolute atomic E-state index is 0.0870. The summed E-state index contributed by atoms with van der Waals surface area (Å²) in [7, 11) is 0. The predicted octanol–water partition coefficient (Wildman–Crippen LogP) is 4.89. The number of thiocarbonyl (C=S) groups is 1. The van der Waals surface area contributed by atoms with Gasteiger partial charge in [-0.15, -0.1) is 0 Å². The summed E-state index contributed by atoms with van der Waals surface area (Å²) in [6.45, 7) is 6.85. The Hall–Kier alpha value is -2.91. The maximum Gasteiger partial charge on any atom is 0.270 e. The number of non-ortho nitro benzene ring substituents is 1. The molecular weight excluding hydrogens is 436 g/mol. The summed E-state index contributed by atoms with van der Waals surface area (Å²) >= 11 is 6.40. The number of nitro groups is 1. The minimum atomic E-state index is -0.485. The number of hydrogen-bond donors (Lipinski definition) is 0. The number of carbonyl (C=O) groups excluding carboxylic acids is 1. The molecule has 0 aliphatic carbocycles. The van der Waals surface area contributed by atoms with Crippen molar-refractivity contribution in [2.45, 2.75) is 20.8 Å². The topological polar surface area (TPSA) is 81.9 Å². The third kappa shape index (κ3) is 5.62. The molecule has 0 atom stereocenters. The van der Waals surface area contributed by atoms with Gasteiger partial charge in [-0.3, -0.25) is 19.8 Å². The monoisotopic (exact) mass is 458 g/mol. The molecule has 0 radical (unpaired) electrons. The number of hydrogen-bond acceptors (Lipinski definition) is 7. The molecule has 7 nitrogen and oxygen atoms in total. The van der Waals surface area contributed by atoms with Gasteiger partial charge in [0.15, 0.2) is 0 Å². The van der Waals surface area contributed by atoms with Gasteiger partial charge in [-0.25, -0.2) is 0 Å². The molecule has 1 saturated heterocycles. The van der Waals surface area contributed by atoms with Crippen LogP contribution in [0, 0.1) is 24.0 Å². The molecule has 2 aromatic rings. The Kier molecular flexibility index (Phi) is 7.29. The van der Waals surface area contributed by atoms with Crippen LogP contribution in [0.4, 0.5) is 5.69 Å². The largest absolute Gasteiger partial charge is 0.490 e. The maximum atomic E-state index is 12.5. The van der Waals surface area contributed by atoms with E-state index in [1.807, 2.05) is 32.9 Å². The molecule has 0 aromatic heterocycles. The Morgan fingerprint density at radius 1 is 1.13 bits per heavy atom. The van der Waals surface area contributed by atoms with E-state index in [0.29, 0.717) is 33.7 Å². The fraction of sp³-hybridized carbons (Fsp3) is 0.273. The van der Waals surface area contributed by atoms with Crippen LogP contribution >= 0.6 is 24.0 Å². The van der Waals surface area contributed by atoms with E-state index in [4.69, 9.17) is 21.7 Å². The highest BCUT2D eigenvalue weighted by molar-refractivity contribution is 8.26. The van der Waals surface area contributed by atoms with E-state index in [1.165, 1.54) is 34.9 Å². The first kappa shape index (κ1) is 22.8. The first-order valence-electron chi connectivity index (χ1n) is 9.66. The minimum Gasteiger partial charge on any atom is -0.490 e. The highest BCUT2D eigenvalue weighted by Crippen LogP contribution is 2.35. The first-order chi connectivity index (χ1) is 14.8. The van der Waals surface area contributed by atoms with Crippen molar-refractivity contribution in [3.63, 3.8) is 0 Å². The standard InChI is InChI=1S/C22H22N2O5S2/c1-4-23-21(25)20(31-22(23)30)13-16-12-17(24(26)27)5-6-19(16)29-8-7-28-18-10-14(2)9-15(3)11-18/h5-6,9-13H,4,7-8H2,1-3H3/b20-13-. The van der Waals surface area contributed by atoms with Crippen LogP contribution in [-0.4, -0.2) is 39.8 Å². The summed E-state index contributed by atoms with van der Waals surface area (Å²) in [5.41, 5.74) is 2.57. The number of ether oxygens (including phenoxy) is 2. The van der Waals surface area contributed by atoms with Crippen LogP contribution in [0.15, 0.2) is 41.3 Å². The Labute approximate surface area is 190 Å². The van der Waals surface area contributed by atoms with Crippen LogP contribution < -0.4 is 9.47 Å². The van der Waals surface area contributed by atoms with E-state index in [2.05, 4.69) is 6.07 Å². The van der Waals surface area contributed by atoms with Crippen molar-refractivity contribution in [1.29, 1.82) is 0 Å². The molecule has 3 rings (SSSR count). The third-order valence-electron chi connectivity index (χ3n) is 4.49. The molecule has 0 spiro atoms. The van der Waals surface area contributed by atoms with E-state index in [1.54, 1.807) is 6.08 Å². The van der Waals surface area contributed by atoms with Crippen molar-refractivity contribution >= 4 is 46.0 Å². The third-order valence-corrected chi connectivity index (χ3v) is 5.86. The van der Waals surface area contributed by atoms with E-state index in [-0.39, 0.29) is 18.2 Å². The quantitative estimate of drug-likeness (QED) is 0.183. The van der Waals surface area contributed by atoms with Gasteiger partial charge in [0, 0.05) is 24.2 Å². The lowest BCUT2D eigenvalue weighted by Crippen LogP contribution is -2.27. The van der Waals surface area contributed by atoms with Crippen LogP contribution in [0.3, 0.4) is 0 Å². The average Bonchev–Trinajstić information content (AvgIpc) is 2.97. The van der Waals surface area contributed by atoms with Crippen LogP contribution in [-0.2, 0) is 4.79 Å². The van der Waals surface area contributed by atoms with Gasteiger partial charge in [0.25, 0.3) is 11.6 Å². The van der Waals surface area contributed by atoms with Gasteiger partial charge in [0.2, 0.25) is 0 Å².